The first kappa shape index (κ1) is 27.4. The third-order valence-electron chi connectivity index (χ3n) is 9.35. The van der Waals surface area contributed by atoms with Crippen molar-refractivity contribution in [2.24, 2.45) is 0 Å². The zero-order valence-corrected chi connectivity index (χ0v) is 25.8. The van der Waals surface area contributed by atoms with Gasteiger partial charge < -0.3 is 9.13 Å². The summed E-state index contributed by atoms with van der Waals surface area (Å²) >= 11 is 0. The molecule has 0 saturated carbocycles. The third kappa shape index (κ3) is 4.14. The highest BCUT2D eigenvalue weighted by atomic mass is 15.0. The average molecular weight is 611 g/mol. The van der Waals surface area contributed by atoms with Crippen LogP contribution in [0.25, 0.3) is 86.9 Å². The normalized spacial score (nSPS) is 11.3. The topological polar surface area (TPSA) is 18.6 Å². The van der Waals surface area contributed by atoms with Gasteiger partial charge in [-0.3, -0.25) is 0 Å². The smallest absolute Gasteiger partial charge is 0.189 e. The molecule has 0 radical (unpaired) electrons. The Hall–Kier alpha value is -6.88. The molecule has 4 heteroatoms. The van der Waals surface area contributed by atoms with E-state index in [1.807, 2.05) is 30.3 Å². The van der Waals surface area contributed by atoms with Crippen molar-refractivity contribution in [3.63, 3.8) is 0 Å². The fourth-order valence-corrected chi connectivity index (χ4v) is 7.27. The van der Waals surface area contributed by atoms with Crippen LogP contribution in [0.5, 0.6) is 0 Å². The summed E-state index contributed by atoms with van der Waals surface area (Å²) in [7, 11) is 0. The number of aromatic nitrogens is 2. The Labute approximate surface area is 277 Å². The number of fused-ring (bicyclic) bond motifs is 6. The minimum Gasteiger partial charge on any atom is -0.310 e. The summed E-state index contributed by atoms with van der Waals surface area (Å²) in [5.41, 5.74) is 11.5. The first-order valence-corrected chi connectivity index (χ1v) is 15.8. The van der Waals surface area contributed by atoms with E-state index in [2.05, 4.69) is 146 Å². The van der Waals surface area contributed by atoms with Crippen molar-refractivity contribution in [1.29, 1.82) is 0 Å². The molecule has 0 atom stereocenters. The van der Waals surface area contributed by atoms with Crippen LogP contribution in [0.2, 0.25) is 0 Å². The zero-order chi connectivity index (χ0) is 32.2. The number of benzene rings is 7. The second-order valence-corrected chi connectivity index (χ2v) is 11.9. The predicted molar refractivity (Wildman–Crippen MR) is 199 cm³/mol. The lowest BCUT2D eigenvalue weighted by atomic mass is 9.92. The summed E-state index contributed by atoms with van der Waals surface area (Å²) in [5, 5.41) is 4.75. The number of nitrogens with zero attached hydrogens (tertiary/aromatic N) is 4. The van der Waals surface area contributed by atoms with Gasteiger partial charge in [0.1, 0.15) is 0 Å². The SMILES string of the molecule is [C-]#[N+]c1ccc(-c2cccc(-n3c4ccccc4c4ccccc43)c2)c(-c2ccc([N+]#[C-])cc2-n2c3ccccc3c3ccccc32)c1. The van der Waals surface area contributed by atoms with Crippen LogP contribution in [0, 0.1) is 13.1 Å². The van der Waals surface area contributed by atoms with Crippen molar-refractivity contribution in [3.05, 3.63) is 181 Å². The summed E-state index contributed by atoms with van der Waals surface area (Å²) in [6.07, 6.45) is 0. The van der Waals surface area contributed by atoms with E-state index >= 15 is 0 Å². The molecular formula is C44H26N4. The number of rotatable bonds is 4. The molecule has 9 rings (SSSR count). The molecule has 4 nitrogen and oxygen atoms in total. The van der Waals surface area contributed by atoms with Crippen molar-refractivity contribution in [3.8, 4) is 33.6 Å². The largest absolute Gasteiger partial charge is 0.310 e. The maximum Gasteiger partial charge on any atom is 0.189 e. The Bertz CT molecular complexity index is 2710. The van der Waals surface area contributed by atoms with Crippen LogP contribution in [0.3, 0.4) is 0 Å². The Morgan fingerprint density at radius 3 is 1.40 bits per heavy atom. The number of hydrogen-bond donors (Lipinski definition) is 0. The lowest BCUT2D eigenvalue weighted by Crippen LogP contribution is -1.98. The van der Waals surface area contributed by atoms with Crippen LogP contribution < -0.4 is 0 Å². The quantitative estimate of drug-likeness (QED) is 0.177. The predicted octanol–water partition coefficient (Wildman–Crippen LogP) is 12.3. The van der Waals surface area contributed by atoms with Gasteiger partial charge in [-0.05, 0) is 65.2 Å². The van der Waals surface area contributed by atoms with E-state index < -0.39 is 0 Å². The van der Waals surface area contributed by atoms with Gasteiger partial charge in [0.15, 0.2) is 11.4 Å². The van der Waals surface area contributed by atoms with Gasteiger partial charge >= 0.3 is 0 Å². The molecule has 0 spiro atoms. The molecule has 0 bridgehead atoms. The fourth-order valence-electron chi connectivity index (χ4n) is 7.27. The van der Waals surface area contributed by atoms with Gasteiger partial charge in [0, 0.05) is 38.5 Å². The van der Waals surface area contributed by atoms with E-state index in [0.29, 0.717) is 11.4 Å². The summed E-state index contributed by atoms with van der Waals surface area (Å²) in [6.45, 7) is 15.8. The van der Waals surface area contributed by atoms with Crippen LogP contribution in [0.4, 0.5) is 11.4 Å². The average Bonchev–Trinajstić information content (AvgIpc) is 3.67. The molecular weight excluding hydrogens is 585 g/mol. The van der Waals surface area contributed by atoms with Crippen molar-refractivity contribution in [2.75, 3.05) is 0 Å². The zero-order valence-electron chi connectivity index (χ0n) is 25.8. The maximum atomic E-state index is 7.91. The van der Waals surface area contributed by atoms with Crippen LogP contribution in [-0.4, -0.2) is 9.13 Å². The summed E-state index contributed by atoms with van der Waals surface area (Å²) in [6, 6.07) is 54.4. The van der Waals surface area contributed by atoms with Gasteiger partial charge in [-0.2, -0.15) is 0 Å². The van der Waals surface area contributed by atoms with E-state index in [4.69, 9.17) is 13.1 Å². The van der Waals surface area contributed by atoms with Crippen molar-refractivity contribution >= 4 is 55.0 Å². The minimum absolute atomic E-state index is 0.562. The number of hydrogen-bond acceptors (Lipinski definition) is 0. The number of para-hydroxylation sites is 4. The molecule has 0 fully saturated rings. The lowest BCUT2D eigenvalue weighted by molar-refractivity contribution is 1.18. The highest BCUT2D eigenvalue weighted by Crippen LogP contribution is 2.43. The van der Waals surface area contributed by atoms with Gasteiger partial charge in [0.25, 0.3) is 0 Å². The van der Waals surface area contributed by atoms with Crippen LogP contribution in [-0.2, 0) is 0 Å². The van der Waals surface area contributed by atoms with Gasteiger partial charge in [-0.1, -0.05) is 109 Å². The second-order valence-electron chi connectivity index (χ2n) is 11.9. The van der Waals surface area contributed by atoms with E-state index in [-0.39, 0.29) is 0 Å². The van der Waals surface area contributed by atoms with Crippen LogP contribution >= 0.6 is 0 Å². The molecule has 2 heterocycles. The standard InChI is InChI=1S/C44H26N4/c1-45-30-22-24-33(29-12-11-13-32(26-29)47-40-18-7-3-14-34(40)35-15-4-8-19-41(35)47)39(27-30)38-25-23-31(46-2)28-44(38)48-42-20-9-5-16-36(42)37-17-6-10-21-43(37)48/h3-28H. The van der Waals surface area contributed by atoms with Crippen LogP contribution in [0.15, 0.2) is 158 Å². The molecule has 0 aliphatic heterocycles. The fraction of sp³-hybridized carbons (Fsp3) is 0. The highest BCUT2D eigenvalue weighted by molar-refractivity contribution is 6.11. The molecule has 7 aromatic carbocycles. The summed E-state index contributed by atoms with van der Waals surface area (Å²) in [4.78, 5) is 7.66. The Morgan fingerprint density at radius 1 is 0.375 bits per heavy atom. The van der Waals surface area contributed by atoms with E-state index in [0.717, 1.165) is 66.5 Å². The van der Waals surface area contributed by atoms with Gasteiger partial charge in [-0.25, -0.2) is 9.69 Å². The highest BCUT2D eigenvalue weighted by Gasteiger charge is 2.19. The van der Waals surface area contributed by atoms with Gasteiger partial charge in [-0.15, -0.1) is 0 Å². The molecule has 0 aliphatic carbocycles. The molecule has 0 N–H and O–H groups in total. The Morgan fingerprint density at radius 2 is 0.854 bits per heavy atom. The van der Waals surface area contributed by atoms with Gasteiger partial charge in [0.05, 0.1) is 35.2 Å². The monoisotopic (exact) mass is 610 g/mol. The maximum absolute atomic E-state index is 7.91. The van der Waals surface area contributed by atoms with E-state index in [9.17, 15) is 0 Å². The summed E-state index contributed by atoms with van der Waals surface area (Å²) < 4.78 is 4.59. The van der Waals surface area contributed by atoms with Gasteiger partial charge in [0.2, 0.25) is 0 Å². The third-order valence-corrected chi connectivity index (χ3v) is 9.35. The molecule has 0 saturated heterocycles. The molecule has 48 heavy (non-hydrogen) atoms. The van der Waals surface area contributed by atoms with E-state index in [1.54, 1.807) is 0 Å². The second kappa shape index (κ2) is 10.9. The molecule has 2 aromatic heterocycles. The minimum atomic E-state index is 0.562. The Balaban J connectivity index is 1.31. The van der Waals surface area contributed by atoms with Crippen molar-refractivity contribution in [1.82, 2.24) is 9.13 Å². The molecule has 0 aliphatic rings. The van der Waals surface area contributed by atoms with Crippen LogP contribution in [0.1, 0.15) is 0 Å². The van der Waals surface area contributed by atoms with Crippen molar-refractivity contribution in [2.45, 2.75) is 0 Å². The lowest BCUT2D eigenvalue weighted by Gasteiger charge is -2.19. The Kier molecular flexibility index (Phi) is 6.22. The molecule has 222 valence electrons. The van der Waals surface area contributed by atoms with E-state index in [1.165, 1.54) is 10.8 Å². The molecule has 9 aromatic rings. The molecule has 0 unspecified atom stereocenters. The van der Waals surface area contributed by atoms with Crippen molar-refractivity contribution < 1.29 is 0 Å². The summed E-state index contributed by atoms with van der Waals surface area (Å²) in [5.74, 6) is 0. The first-order chi connectivity index (χ1) is 23.7. The molecule has 0 amide bonds. The first-order valence-electron chi connectivity index (χ1n) is 15.8.